The van der Waals surface area contributed by atoms with E-state index in [1.165, 1.54) is 24.5 Å². The normalized spacial score (nSPS) is 14.2. The van der Waals surface area contributed by atoms with Crippen molar-refractivity contribution >= 4 is 31.9 Å². The van der Waals surface area contributed by atoms with Crippen LogP contribution in [0.1, 0.15) is 18.4 Å². The molecule has 5 heteroatoms. The minimum Gasteiger partial charge on any atom is -0.453 e. The van der Waals surface area contributed by atoms with Crippen LogP contribution in [0.5, 0.6) is 11.5 Å². The molecule has 110 valence electrons. The molecule has 0 atom stereocenters. The molecule has 3 rings (SSSR count). The average Bonchev–Trinajstić information content (AvgIpc) is 3.27. The van der Waals surface area contributed by atoms with Crippen molar-refractivity contribution in [3.05, 3.63) is 56.7 Å². The molecule has 0 unspecified atom stereocenters. The largest absolute Gasteiger partial charge is 0.453 e. The summed E-state index contributed by atoms with van der Waals surface area (Å²) in [5, 5.41) is 3.46. The van der Waals surface area contributed by atoms with Crippen LogP contribution in [-0.2, 0) is 6.54 Å². The van der Waals surface area contributed by atoms with Crippen molar-refractivity contribution < 1.29 is 9.13 Å². The Bertz CT molecular complexity index is 659. The Morgan fingerprint density at radius 3 is 2.62 bits per heavy atom. The van der Waals surface area contributed by atoms with Crippen LogP contribution < -0.4 is 10.1 Å². The van der Waals surface area contributed by atoms with Gasteiger partial charge < -0.3 is 10.1 Å². The first-order valence-corrected chi connectivity index (χ1v) is 8.35. The maximum absolute atomic E-state index is 13.7. The van der Waals surface area contributed by atoms with E-state index < -0.39 is 0 Å². The molecule has 1 aliphatic rings. The van der Waals surface area contributed by atoms with Gasteiger partial charge in [-0.2, -0.15) is 0 Å². The molecule has 0 saturated heterocycles. The minimum atomic E-state index is -0.385. The van der Waals surface area contributed by atoms with Gasteiger partial charge in [-0.3, -0.25) is 0 Å². The number of nitrogens with one attached hydrogen (secondary N) is 1. The molecule has 2 nitrogen and oxygen atoms in total. The molecule has 0 aliphatic heterocycles. The highest BCUT2D eigenvalue weighted by Gasteiger charge is 2.20. The zero-order valence-electron chi connectivity index (χ0n) is 11.2. The number of benzene rings is 2. The molecule has 1 fully saturated rings. The van der Waals surface area contributed by atoms with E-state index in [1.54, 1.807) is 12.1 Å². The van der Waals surface area contributed by atoms with Gasteiger partial charge in [0.05, 0.1) is 4.47 Å². The zero-order chi connectivity index (χ0) is 14.8. The summed E-state index contributed by atoms with van der Waals surface area (Å²) in [6, 6.07) is 11.2. The third-order valence-electron chi connectivity index (χ3n) is 3.28. The molecule has 1 N–H and O–H groups in total. The van der Waals surface area contributed by atoms with Crippen molar-refractivity contribution in [2.45, 2.75) is 25.4 Å². The van der Waals surface area contributed by atoms with E-state index in [1.807, 2.05) is 18.2 Å². The second-order valence-corrected chi connectivity index (χ2v) is 6.87. The first kappa shape index (κ1) is 15.0. The van der Waals surface area contributed by atoms with Gasteiger partial charge in [0.25, 0.3) is 0 Å². The van der Waals surface area contributed by atoms with Crippen LogP contribution >= 0.6 is 31.9 Å². The Hall–Kier alpha value is -0.910. The summed E-state index contributed by atoms with van der Waals surface area (Å²) < 4.78 is 20.9. The van der Waals surface area contributed by atoms with Gasteiger partial charge in [-0.1, -0.05) is 22.0 Å². The van der Waals surface area contributed by atoms with Gasteiger partial charge in [-0.15, -0.1) is 0 Å². The van der Waals surface area contributed by atoms with Crippen LogP contribution in [0.15, 0.2) is 45.3 Å². The van der Waals surface area contributed by atoms with E-state index >= 15 is 0 Å². The molecule has 2 aromatic carbocycles. The summed E-state index contributed by atoms with van der Waals surface area (Å²) in [5.41, 5.74) is 1.18. The summed E-state index contributed by atoms with van der Waals surface area (Å²) in [6.07, 6.45) is 2.54. The summed E-state index contributed by atoms with van der Waals surface area (Å²) in [4.78, 5) is 0. The van der Waals surface area contributed by atoms with Gasteiger partial charge in [0.2, 0.25) is 0 Å². The van der Waals surface area contributed by atoms with Crippen LogP contribution in [0.4, 0.5) is 4.39 Å². The quantitative estimate of drug-likeness (QED) is 0.707. The number of hydrogen-bond donors (Lipinski definition) is 1. The highest BCUT2D eigenvalue weighted by molar-refractivity contribution is 9.10. The number of hydrogen-bond acceptors (Lipinski definition) is 2. The predicted octanol–water partition coefficient (Wildman–Crippen LogP) is 5.40. The fraction of sp³-hybridized carbons (Fsp3) is 0.250. The molecule has 0 aromatic heterocycles. The van der Waals surface area contributed by atoms with E-state index in [4.69, 9.17) is 4.74 Å². The highest BCUT2D eigenvalue weighted by atomic mass is 79.9. The molecule has 1 aliphatic carbocycles. The SMILES string of the molecule is Fc1ccc(Br)cc1Oc1ccc(CNC2CC2)cc1Br. The van der Waals surface area contributed by atoms with Crippen LogP contribution in [0.2, 0.25) is 0 Å². The molecular weight excluding hydrogens is 401 g/mol. The monoisotopic (exact) mass is 413 g/mol. The first-order valence-electron chi connectivity index (χ1n) is 6.76. The summed E-state index contributed by atoms with van der Waals surface area (Å²) in [5.74, 6) is 0.417. The standard InChI is InChI=1S/C16H14Br2FNO/c17-11-2-5-14(19)16(8-11)21-15-6-1-10(7-13(15)18)9-20-12-3-4-12/h1-2,5-8,12,20H,3-4,9H2. The second-order valence-electron chi connectivity index (χ2n) is 5.10. The number of ether oxygens (including phenoxy) is 1. The number of halogens is 3. The van der Waals surface area contributed by atoms with E-state index in [0.717, 1.165) is 15.5 Å². The van der Waals surface area contributed by atoms with Gasteiger partial charge in [0, 0.05) is 17.1 Å². The smallest absolute Gasteiger partial charge is 0.165 e. The lowest BCUT2D eigenvalue weighted by molar-refractivity contribution is 0.439. The first-order chi connectivity index (χ1) is 10.1. The Morgan fingerprint density at radius 2 is 1.90 bits per heavy atom. The van der Waals surface area contributed by atoms with Gasteiger partial charge in [0.15, 0.2) is 11.6 Å². The Balaban J connectivity index is 1.74. The van der Waals surface area contributed by atoms with Gasteiger partial charge >= 0.3 is 0 Å². The zero-order valence-corrected chi connectivity index (χ0v) is 14.4. The van der Waals surface area contributed by atoms with Crippen molar-refractivity contribution in [1.29, 1.82) is 0 Å². The van der Waals surface area contributed by atoms with E-state index in [0.29, 0.717) is 11.8 Å². The van der Waals surface area contributed by atoms with Gasteiger partial charge in [-0.25, -0.2) is 4.39 Å². The summed E-state index contributed by atoms with van der Waals surface area (Å²) in [6.45, 7) is 0.842. The summed E-state index contributed by atoms with van der Waals surface area (Å²) in [7, 11) is 0. The molecule has 0 heterocycles. The highest BCUT2D eigenvalue weighted by Crippen LogP contribution is 2.33. The topological polar surface area (TPSA) is 21.3 Å². The molecule has 0 spiro atoms. The average molecular weight is 415 g/mol. The fourth-order valence-electron chi connectivity index (χ4n) is 1.96. The maximum atomic E-state index is 13.7. The van der Waals surface area contributed by atoms with Crippen molar-refractivity contribution in [3.63, 3.8) is 0 Å². The Labute approximate surface area is 140 Å². The minimum absolute atomic E-state index is 0.203. The molecule has 2 aromatic rings. The molecular formula is C16H14Br2FNO. The molecule has 0 bridgehead atoms. The molecule has 0 radical (unpaired) electrons. The lowest BCUT2D eigenvalue weighted by Gasteiger charge is -2.11. The van der Waals surface area contributed by atoms with Crippen LogP contribution in [0.3, 0.4) is 0 Å². The van der Waals surface area contributed by atoms with E-state index in [-0.39, 0.29) is 11.6 Å². The van der Waals surface area contributed by atoms with Crippen molar-refractivity contribution in [3.8, 4) is 11.5 Å². The maximum Gasteiger partial charge on any atom is 0.165 e. The molecule has 1 saturated carbocycles. The third-order valence-corrected chi connectivity index (χ3v) is 4.39. The molecule has 0 amide bonds. The number of rotatable bonds is 5. The van der Waals surface area contributed by atoms with E-state index in [9.17, 15) is 4.39 Å². The van der Waals surface area contributed by atoms with Crippen LogP contribution in [-0.4, -0.2) is 6.04 Å². The second kappa shape index (κ2) is 6.46. The van der Waals surface area contributed by atoms with Crippen LogP contribution in [0, 0.1) is 5.82 Å². The third kappa shape index (κ3) is 4.05. The molecule has 21 heavy (non-hydrogen) atoms. The Kier molecular flexibility index (Phi) is 4.62. The summed E-state index contributed by atoms with van der Waals surface area (Å²) >= 11 is 6.80. The fourth-order valence-corrected chi connectivity index (χ4v) is 2.81. The van der Waals surface area contributed by atoms with E-state index in [2.05, 4.69) is 37.2 Å². The van der Waals surface area contributed by atoms with Gasteiger partial charge in [0.1, 0.15) is 5.75 Å². The predicted molar refractivity (Wildman–Crippen MR) is 88.2 cm³/mol. The van der Waals surface area contributed by atoms with Crippen molar-refractivity contribution in [2.24, 2.45) is 0 Å². The van der Waals surface area contributed by atoms with Gasteiger partial charge in [-0.05, 0) is 64.7 Å². The lowest BCUT2D eigenvalue weighted by Crippen LogP contribution is -2.15. The lowest BCUT2D eigenvalue weighted by atomic mass is 10.2. The van der Waals surface area contributed by atoms with Crippen molar-refractivity contribution in [2.75, 3.05) is 0 Å². The Morgan fingerprint density at radius 1 is 1.10 bits per heavy atom. The van der Waals surface area contributed by atoms with Crippen LogP contribution in [0.25, 0.3) is 0 Å². The van der Waals surface area contributed by atoms with Crippen molar-refractivity contribution in [1.82, 2.24) is 5.32 Å².